The van der Waals surface area contributed by atoms with E-state index in [9.17, 15) is 0 Å². The van der Waals surface area contributed by atoms with Crippen LogP contribution in [0, 0.1) is 11.8 Å². The molecule has 0 saturated heterocycles. The van der Waals surface area contributed by atoms with E-state index < -0.39 is 0 Å². The molecule has 1 heterocycles. The molecule has 1 aromatic carbocycles. The van der Waals surface area contributed by atoms with Crippen LogP contribution in [0.3, 0.4) is 0 Å². The van der Waals surface area contributed by atoms with Crippen LogP contribution in [-0.4, -0.2) is 4.57 Å². The molecule has 1 nitrogen and oxygen atoms in total. The summed E-state index contributed by atoms with van der Waals surface area (Å²) in [5.41, 5.74) is 2.52. The lowest BCUT2D eigenvalue weighted by molar-refractivity contribution is 0.789. The van der Waals surface area contributed by atoms with Gasteiger partial charge in [0.25, 0.3) is 0 Å². The van der Waals surface area contributed by atoms with Crippen LogP contribution in [0.1, 0.15) is 32.4 Å². The molecule has 0 aliphatic rings. The number of allylic oxidation sites excluding steroid dienone is 1. The molecular formula is C17H19N. The molecule has 0 amide bonds. The van der Waals surface area contributed by atoms with Gasteiger partial charge >= 0.3 is 0 Å². The van der Waals surface area contributed by atoms with Gasteiger partial charge in [0.1, 0.15) is 0 Å². The molecule has 92 valence electrons. The Balaban J connectivity index is 2.31. The summed E-state index contributed by atoms with van der Waals surface area (Å²) in [6, 6.07) is 10.7. The molecule has 0 N–H and O–H groups in total. The summed E-state index contributed by atoms with van der Waals surface area (Å²) in [5, 5.41) is 1.29. The fourth-order valence-corrected chi connectivity index (χ4v) is 2.11. The van der Waals surface area contributed by atoms with Gasteiger partial charge in [0.05, 0.1) is 0 Å². The Morgan fingerprint density at radius 3 is 2.83 bits per heavy atom. The molecule has 0 fully saturated rings. The van der Waals surface area contributed by atoms with Gasteiger partial charge in [-0.25, -0.2) is 0 Å². The Morgan fingerprint density at radius 1 is 1.22 bits per heavy atom. The highest BCUT2D eigenvalue weighted by atomic mass is 15.0. The van der Waals surface area contributed by atoms with E-state index >= 15 is 0 Å². The maximum Gasteiger partial charge on any atom is 0.0485 e. The fourth-order valence-electron chi connectivity index (χ4n) is 2.11. The van der Waals surface area contributed by atoms with E-state index in [0.717, 1.165) is 19.4 Å². The Labute approximate surface area is 109 Å². The Morgan fingerprint density at radius 2 is 2.06 bits per heavy atom. The molecule has 18 heavy (non-hydrogen) atoms. The minimum atomic E-state index is 0.973. The van der Waals surface area contributed by atoms with Crippen molar-refractivity contribution in [1.82, 2.24) is 4.57 Å². The maximum absolute atomic E-state index is 3.13. The van der Waals surface area contributed by atoms with Crippen molar-refractivity contribution in [2.45, 2.75) is 33.2 Å². The van der Waals surface area contributed by atoms with Crippen LogP contribution in [-0.2, 0) is 6.54 Å². The Kier molecular flexibility index (Phi) is 4.25. The predicted octanol–water partition coefficient (Wildman–Crippen LogP) is 4.48. The average Bonchev–Trinajstić information content (AvgIpc) is 2.76. The molecule has 0 saturated carbocycles. The molecule has 1 heteroatoms. The van der Waals surface area contributed by atoms with Crippen molar-refractivity contribution < 1.29 is 0 Å². The lowest BCUT2D eigenvalue weighted by atomic mass is 10.2. The van der Waals surface area contributed by atoms with Crippen LogP contribution in [0.2, 0.25) is 0 Å². The van der Waals surface area contributed by atoms with Gasteiger partial charge in [-0.1, -0.05) is 37.0 Å². The standard InChI is InChI=1S/C17H19N/c1-3-5-6-7-8-12-16-14-15-11-9-10-13-17(15)18(16)4-2/h8-14H,3-5H2,1-2H3/b12-8-. The van der Waals surface area contributed by atoms with Gasteiger partial charge in [-0.2, -0.15) is 0 Å². The topological polar surface area (TPSA) is 4.93 Å². The maximum atomic E-state index is 3.13. The second kappa shape index (κ2) is 6.12. The highest BCUT2D eigenvalue weighted by Crippen LogP contribution is 2.20. The third-order valence-corrected chi connectivity index (χ3v) is 2.97. The second-order valence-electron chi connectivity index (χ2n) is 4.28. The molecule has 0 spiro atoms. The SMILES string of the molecule is CCCC#C/C=C\c1cc2ccccc2n1CC. The predicted molar refractivity (Wildman–Crippen MR) is 79.3 cm³/mol. The molecule has 0 aliphatic carbocycles. The molecule has 0 radical (unpaired) electrons. The van der Waals surface area contributed by atoms with Gasteiger partial charge in [-0.05, 0) is 37.6 Å². The third-order valence-electron chi connectivity index (χ3n) is 2.97. The van der Waals surface area contributed by atoms with Crippen molar-refractivity contribution in [3.05, 3.63) is 42.1 Å². The number of aryl methyl sites for hydroxylation is 1. The van der Waals surface area contributed by atoms with Gasteiger partial charge in [0, 0.05) is 29.6 Å². The van der Waals surface area contributed by atoms with Crippen molar-refractivity contribution in [1.29, 1.82) is 0 Å². The second-order valence-corrected chi connectivity index (χ2v) is 4.28. The Hall–Kier alpha value is -1.94. The summed E-state index contributed by atoms with van der Waals surface area (Å²) in [4.78, 5) is 0. The van der Waals surface area contributed by atoms with Crippen LogP contribution in [0.25, 0.3) is 17.0 Å². The molecule has 0 aliphatic heterocycles. The minimum absolute atomic E-state index is 0.973. The number of nitrogens with zero attached hydrogens (tertiary/aromatic N) is 1. The molecule has 1 aromatic heterocycles. The first-order chi connectivity index (χ1) is 8.86. The zero-order chi connectivity index (χ0) is 12.8. The summed E-state index contributed by atoms with van der Waals surface area (Å²) in [7, 11) is 0. The molecular weight excluding hydrogens is 218 g/mol. The zero-order valence-corrected chi connectivity index (χ0v) is 11.1. The van der Waals surface area contributed by atoms with E-state index in [4.69, 9.17) is 0 Å². The third kappa shape index (κ3) is 2.65. The van der Waals surface area contributed by atoms with Gasteiger partial charge in [-0.3, -0.25) is 0 Å². The van der Waals surface area contributed by atoms with E-state index in [2.05, 4.69) is 66.7 Å². The normalized spacial score (nSPS) is 10.8. The zero-order valence-electron chi connectivity index (χ0n) is 11.1. The highest BCUT2D eigenvalue weighted by molar-refractivity contribution is 5.83. The van der Waals surface area contributed by atoms with Crippen LogP contribution in [0.15, 0.2) is 36.4 Å². The fraction of sp³-hybridized carbons (Fsp3) is 0.294. The van der Waals surface area contributed by atoms with Crippen molar-refractivity contribution in [2.75, 3.05) is 0 Å². The smallest absolute Gasteiger partial charge is 0.0485 e. The molecule has 2 rings (SSSR count). The summed E-state index contributed by atoms with van der Waals surface area (Å²) >= 11 is 0. The first-order valence-electron chi connectivity index (χ1n) is 6.60. The number of hydrogen-bond acceptors (Lipinski definition) is 0. The number of unbranched alkanes of at least 4 members (excludes halogenated alkanes) is 1. The van der Waals surface area contributed by atoms with Crippen molar-refractivity contribution in [2.24, 2.45) is 0 Å². The first kappa shape index (κ1) is 12.5. The molecule has 0 unspecified atom stereocenters. The van der Waals surface area contributed by atoms with Crippen molar-refractivity contribution >= 4 is 17.0 Å². The quantitative estimate of drug-likeness (QED) is 0.694. The average molecular weight is 237 g/mol. The first-order valence-corrected chi connectivity index (χ1v) is 6.60. The molecule has 2 aromatic rings. The van der Waals surface area contributed by atoms with E-state index in [1.165, 1.54) is 16.6 Å². The number of para-hydroxylation sites is 1. The van der Waals surface area contributed by atoms with Crippen molar-refractivity contribution in [3.63, 3.8) is 0 Å². The largest absolute Gasteiger partial charge is 0.341 e. The number of rotatable bonds is 3. The van der Waals surface area contributed by atoms with Crippen LogP contribution in [0.5, 0.6) is 0 Å². The van der Waals surface area contributed by atoms with Crippen LogP contribution < -0.4 is 0 Å². The summed E-state index contributed by atoms with van der Waals surface area (Å²) in [5.74, 6) is 6.22. The van der Waals surface area contributed by atoms with E-state index in [-0.39, 0.29) is 0 Å². The van der Waals surface area contributed by atoms with Gasteiger partial charge in [-0.15, -0.1) is 0 Å². The summed E-state index contributed by atoms with van der Waals surface area (Å²) < 4.78 is 2.31. The van der Waals surface area contributed by atoms with Gasteiger partial charge < -0.3 is 4.57 Å². The Bertz CT molecular complexity index is 605. The number of hydrogen-bond donors (Lipinski definition) is 0. The van der Waals surface area contributed by atoms with E-state index in [1.54, 1.807) is 0 Å². The minimum Gasteiger partial charge on any atom is -0.341 e. The van der Waals surface area contributed by atoms with Crippen LogP contribution >= 0.6 is 0 Å². The number of aromatic nitrogens is 1. The lowest BCUT2D eigenvalue weighted by Gasteiger charge is -2.03. The summed E-state index contributed by atoms with van der Waals surface area (Å²) in [6.07, 6.45) is 6.15. The molecule has 0 atom stereocenters. The van der Waals surface area contributed by atoms with E-state index in [0.29, 0.717) is 0 Å². The number of fused-ring (bicyclic) bond motifs is 1. The van der Waals surface area contributed by atoms with Gasteiger partial charge in [0.15, 0.2) is 0 Å². The van der Waals surface area contributed by atoms with Crippen LogP contribution in [0.4, 0.5) is 0 Å². The summed E-state index contributed by atoms with van der Waals surface area (Å²) in [6.45, 7) is 5.30. The number of benzene rings is 1. The van der Waals surface area contributed by atoms with Gasteiger partial charge in [0.2, 0.25) is 0 Å². The monoisotopic (exact) mass is 237 g/mol. The van der Waals surface area contributed by atoms with E-state index in [1.807, 2.05) is 6.08 Å². The molecule has 0 bridgehead atoms. The highest BCUT2D eigenvalue weighted by Gasteiger charge is 2.03. The lowest BCUT2D eigenvalue weighted by Crippen LogP contribution is -1.95. The van der Waals surface area contributed by atoms with Crippen molar-refractivity contribution in [3.8, 4) is 11.8 Å².